The molecule has 0 bridgehead atoms. The third kappa shape index (κ3) is 4.85. The summed E-state index contributed by atoms with van der Waals surface area (Å²) in [4.78, 5) is 29.3. The molecule has 2 aliphatic heterocycles. The number of halogens is 1. The summed E-state index contributed by atoms with van der Waals surface area (Å²) < 4.78 is 5.47. The highest BCUT2D eigenvalue weighted by Crippen LogP contribution is 2.41. The van der Waals surface area contributed by atoms with E-state index in [1.807, 2.05) is 18.2 Å². The van der Waals surface area contributed by atoms with E-state index >= 15 is 0 Å². The van der Waals surface area contributed by atoms with Crippen molar-refractivity contribution >= 4 is 39.8 Å². The van der Waals surface area contributed by atoms with Crippen molar-refractivity contribution in [2.75, 3.05) is 11.9 Å². The number of carbonyl (C=O) groups is 2. The molecule has 2 N–H and O–H groups in total. The average molecular weight is 530 g/mol. The number of nitrogens with one attached hydrogen (secondary N) is 2. The van der Waals surface area contributed by atoms with E-state index in [0.29, 0.717) is 16.3 Å². The lowest BCUT2D eigenvalue weighted by Crippen LogP contribution is -2.38. The smallest absolute Gasteiger partial charge is 0.345 e. The van der Waals surface area contributed by atoms with Gasteiger partial charge in [-0.2, -0.15) is 0 Å². The molecule has 6 nitrogen and oxygen atoms in total. The first-order valence-electron chi connectivity index (χ1n) is 12.1. The molecule has 4 aromatic rings. The normalized spacial score (nSPS) is 16.8. The summed E-state index contributed by atoms with van der Waals surface area (Å²) in [5.74, 6) is -0.166. The van der Waals surface area contributed by atoms with Gasteiger partial charge in [0.25, 0.3) is 5.91 Å². The Morgan fingerprint density at radius 2 is 1.76 bits per heavy atom. The van der Waals surface area contributed by atoms with Crippen molar-refractivity contribution in [2.24, 2.45) is 0 Å². The van der Waals surface area contributed by atoms with Crippen molar-refractivity contribution in [1.82, 2.24) is 10.2 Å². The quantitative estimate of drug-likeness (QED) is 0.244. The number of benzene rings is 3. The first-order chi connectivity index (χ1) is 18.0. The Kier molecular flexibility index (Phi) is 6.42. The van der Waals surface area contributed by atoms with Crippen LogP contribution >= 0.6 is 22.9 Å². The van der Waals surface area contributed by atoms with Gasteiger partial charge in [0.15, 0.2) is 0 Å². The van der Waals surface area contributed by atoms with E-state index in [1.54, 1.807) is 47.7 Å². The molecule has 37 heavy (non-hydrogen) atoms. The van der Waals surface area contributed by atoms with Crippen molar-refractivity contribution in [3.05, 3.63) is 117 Å². The number of ether oxygens (including phenoxy) is 1. The second-order valence-electron chi connectivity index (χ2n) is 9.14. The number of esters is 1. The van der Waals surface area contributed by atoms with Gasteiger partial charge in [0.05, 0.1) is 16.1 Å². The van der Waals surface area contributed by atoms with Crippen LogP contribution in [0.3, 0.4) is 0 Å². The van der Waals surface area contributed by atoms with Crippen LogP contribution in [0.25, 0.3) is 0 Å². The van der Waals surface area contributed by atoms with Gasteiger partial charge in [-0.3, -0.25) is 9.69 Å². The van der Waals surface area contributed by atoms with Crippen molar-refractivity contribution in [3.63, 3.8) is 0 Å². The number of amides is 1. The Balaban J connectivity index is 1.15. The van der Waals surface area contributed by atoms with Crippen LogP contribution in [0.15, 0.2) is 78.9 Å². The van der Waals surface area contributed by atoms with Crippen LogP contribution in [0.2, 0.25) is 5.02 Å². The molecule has 8 heteroatoms. The Morgan fingerprint density at radius 3 is 2.54 bits per heavy atom. The average Bonchev–Trinajstić information content (AvgIpc) is 3.28. The number of carbonyl (C=O) groups excluding carboxylic acids is 2. The zero-order valence-electron chi connectivity index (χ0n) is 19.9. The van der Waals surface area contributed by atoms with Crippen molar-refractivity contribution in [3.8, 4) is 5.75 Å². The maximum absolute atomic E-state index is 13.1. The topological polar surface area (TPSA) is 70.7 Å². The van der Waals surface area contributed by atoms with E-state index in [0.717, 1.165) is 47.7 Å². The molecule has 1 amide bonds. The maximum Gasteiger partial charge on any atom is 0.345 e. The standard InChI is InChI=1S/C29H24ClN3O3S/c30-23-9-5-4-8-21(23)29(35)36-20-12-10-19(11-13-20)26-31-27(34)25-22-14-15-33(16-18-6-2-1-3-7-18)17-24(22)37-28(25)32-26/h1-13,26,32H,14-17H2,(H,31,34)/t26-/m1/s1. The summed E-state index contributed by atoms with van der Waals surface area (Å²) in [6.07, 6.45) is 0.494. The van der Waals surface area contributed by atoms with E-state index in [4.69, 9.17) is 16.3 Å². The zero-order valence-corrected chi connectivity index (χ0v) is 21.4. The molecule has 186 valence electrons. The second kappa shape index (κ2) is 10.0. The minimum atomic E-state index is -0.516. The number of anilines is 1. The Hall–Kier alpha value is -3.65. The molecule has 0 radical (unpaired) electrons. The first-order valence-corrected chi connectivity index (χ1v) is 13.3. The van der Waals surface area contributed by atoms with Crippen LogP contribution in [0.4, 0.5) is 5.00 Å². The highest BCUT2D eigenvalue weighted by molar-refractivity contribution is 7.16. The predicted molar refractivity (Wildman–Crippen MR) is 145 cm³/mol. The summed E-state index contributed by atoms with van der Waals surface area (Å²) in [6.45, 7) is 2.67. The lowest BCUT2D eigenvalue weighted by molar-refractivity contribution is 0.0734. The molecule has 0 saturated carbocycles. The molecule has 0 unspecified atom stereocenters. The number of fused-ring (bicyclic) bond motifs is 3. The highest BCUT2D eigenvalue weighted by Gasteiger charge is 2.33. The van der Waals surface area contributed by atoms with Gasteiger partial charge in [0, 0.05) is 24.5 Å². The van der Waals surface area contributed by atoms with Crippen molar-refractivity contribution in [1.29, 1.82) is 0 Å². The molecular formula is C29H24ClN3O3S. The maximum atomic E-state index is 13.1. The minimum Gasteiger partial charge on any atom is -0.423 e. The Labute approximate surface area is 223 Å². The number of thiophene rings is 1. The van der Waals surface area contributed by atoms with Gasteiger partial charge in [0.2, 0.25) is 0 Å². The van der Waals surface area contributed by atoms with Gasteiger partial charge in [0.1, 0.15) is 16.9 Å². The summed E-state index contributed by atoms with van der Waals surface area (Å²) in [6, 6.07) is 24.4. The molecule has 1 aromatic heterocycles. The first kappa shape index (κ1) is 23.7. The van der Waals surface area contributed by atoms with Gasteiger partial charge in [-0.05, 0) is 47.4 Å². The molecule has 3 heterocycles. The predicted octanol–water partition coefficient (Wildman–Crippen LogP) is 6.03. The summed E-state index contributed by atoms with van der Waals surface area (Å²) in [7, 11) is 0. The van der Waals surface area contributed by atoms with Crippen LogP contribution in [-0.4, -0.2) is 23.3 Å². The molecule has 0 saturated heterocycles. The van der Waals surface area contributed by atoms with E-state index in [1.165, 1.54) is 10.4 Å². The molecule has 0 aliphatic carbocycles. The minimum absolute atomic E-state index is 0.0537. The number of nitrogens with zero attached hydrogens (tertiary/aromatic N) is 1. The van der Waals surface area contributed by atoms with Crippen LogP contribution in [-0.2, 0) is 19.5 Å². The van der Waals surface area contributed by atoms with Crippen molar-refractivity contribution < 1.29 is 14.3 Å². The largest absolute Gasteiger partial charge is 0.423 e. The molecule has 1 atom stereocenters. The van der Waals surface area contributed by atoms with E-state index < -0.39 is 5.97 Å². The van der Waals surface area contributed by atoms with Gasteiger partial charge >= 0.3 is 5.97 Å². The summed E-state index contributed by atoms with van der Waals surface area (Å²) >= 11 is 7.77. The third-order valence-electron chi connectivity index (χ3n) is 6.68. The van der Waals surface area contributed by atoms with Crippen LogP contribution in [0, 0.1) is 0 Å². The fourth-order valence-electron chi connectivity index (χ4n) is 4.83. The molecule has 0 spiro atoms. The van der Waals surface area contributed by atoms with Crippen LogP contribution in [0.5, 0.6) is 5.75 Å². The highest BCUT2D eigenvalue weighted by atomic mass is 35.5. The van der Waals surface area contributed by atoms with Crippen LogP contribution < -0.4 is 15.4 Å². The monoisotopic (exact) mass is 529 g/mol. The van der Waals surface area contributed by atoms with E-state index in [-0.39, 0.29) is 12.1 Å². The van der Waals surface area contributed by atoms with Gasteiger partial charge in [-0.15, -0.1) is 11.3 Å². The van der Waals surface area contributed by atoms with Gasteiger partial charge in [-0.25, -0.2) is 4.79 Å². The molecule has 6 rings (SSSR count). The van der Waals surface area contributed by atoms with Gasteiger partial charge < -0.3 is 15.4 Å². The molecule has 0 fully saturated rings. The van der Waals surface area contributed by atoms with Crippen LogP contribution in [0.1, 0.15) is 48.4 Å². The third-order valence-corrected chi connectivity index (χ3v) is 8.16. The fraction of sp³-hybridized carbons (Fsp3) is 0.172. The molecule has 3 aromatic carbocycles. The zero-order chi connectivity index (χ0) is 25.4. The fourth-order valence-corrected chi connectivity index (χ4v) is 6.36. The second-order valence-corrected chi connectivity index (χ2v) is 10.7. The van der Waals surface area contributed by atoms with E-state index in [2.05, 4.69) is 39.8 Å². The number of rotatable bonds is 5. The lowest BCUT2D eigenvalue weighted by Gasteiger charge is -2.28. The SMILES string of the molecule is O=C(Oc1ccc([C@@H]2NC(=O)c3c(sc4c3CCN(Cc3ccccc3)C4)N2)cc1)c1ccccc1Cl. The van der Waals surface area contributed by atoms with Crippen molar-refractivity contribution in [2.45, 2.75) is 25.7 Å². The lowest BCUT2D eigenvalue weighted by atomic mass is 10.00. The Morgan fingerprint density at radius 1 is 1.00 bits per heavy atom. The summed E-state index contributed by atoms with van der Waals surface area (Å²) in [5, 5.41) is 7.84. The molecular weight excluding hydrogens is 506 g/mol. The Bertz CT molecular complexity index is 1470. The molecule has 2 aliphatic rings. The van der Waals surface area contributed by atoms with Gasteiger partial charge in [-0.1, -0.05) is 66.2 Å². The summed E-state index contributed by atoms with van der Waals surface area (Å²) in [5.41, 5.74) is 4.42. The number of hydrogen-bond acceptors (Lipinski definition) is 6. The van der Waals surface area contributed by atoms with E-state index in [9.17, 15) is 9.59 Å². The number of hydrogen-bond donors (Lipinski definition) is 2.